The molecule has 0 bridgehead atoms. The molecule has 1 unspecified atom stereocenters. The lowest BCUT2D eigenvalue weighted by Gasteiger charge is -2.14. The first-order valence-corrected chi connectivity index (χ1v) is 9.59. The fraction of sp³-hybridized carbons (Fsp3) is 0.136. The minimum atomic E-state index is -0.0906. The Labute approximate surface area is 163 Å². The van der Waals surface area contributed by atoms with Crippen molar-refractivity contribution in [2.45, 2.75) is 18.0 Å². The first kappa shape index (κ1) is 18.7. The summed E-state index contributed by atoms with van der Waals surface area (Å²) in [6.07, 6.45) is 0. The van der Waals surface area contributed by atoms with E-state index in [0.717, 1.165) is 16.8 Å². The van der Waals surface area contributed by atoms with Crippen molar-refractivity contribution in [2.24, 2.45) is 0 Å². The molecule has 0 fully saturated rings. The number of hydrogen-bond acceptors (Lipinski definition) is 4. The zero-order valence-corrected chi connectivity index (χ0v) is 15.7. The Morgan fingerprint density at radius 1 is 1.07 bits per heavy atom. The summed E-state index contributed by atoms with van der Waals surface area (Å²) in [5.41, 5.74) is 3.29. The number of hydrogen-bond donors (Lipinski definition) is 1. The first-order chi connectivity index (χ1) is 13.2. The molecule has 3 rings (SSSR count). The summed E-state index contributed by atoms with van der Waals surface area (Å²) < 4.78 is 0. The highest BCUT2D eigenvalue weighted by molar-refractivity contribution is 8.00. The summed E-state index contributed by atoms with van der Waals surface area (Å²) in [6.45, 7) is 1.95. The maximum Gasteiger partial charge on any atom is 0.230 e. The van der Waals surface area contributed by atoms with Crippen LogP contribution in [-0.2, 0) is 4.79 Å². The molecule has 0 aliphatic rings. The molecular weight excluding hydrogens is 354 g/mol. The second-order valence-corrected chi connectivity index (χ2v) is 6.98. The summed E-state index contributed by atoms with van der Waals surface area (Å²) in [4.78, 5) is 16.9. The van der Waals surface area contributed by atoms with Crippen molar-refractivity contribution >= 4 is 17.7 Å². The van der Waals surface area contributed by atoms with E-state index >= 15 is 0 Å². The van der Waals surface area contributed by atoms with E-state index in [9.17, 15) is 10.1 Å². The number of carbonyl (C=O) groups excluding carboxylic acids is 1. The minimum absolute atomic E-state index is 0.0710. The Bertz CT molecular complexity index is 952. The summed E-state index contributed by atoms with van der Waals surface area (Å²) >= 11 is 1.28. The minimum Gasteiger partial charge on any atom is -0.349 e. The zero-order valence-electron chi connectivity index (χ0n) is 14.9. The van der Waals surface area contributed by atoms with Crippen LogP contribution in [0.1, 0.15) is 24.1 Å². The number of nitrogens with zero attached hydrogens (tertiary/aromatic N) is 2. The normalized spacial score (nSPS) is 11.4. The second kappa shape index (κ2) is 9.02. The Morgan fingerprint density at radius 3 is 2.41 bits per heavy atom. The van der Waals surface area contributed by atoms with Crippen molar-refractivity contribution in [1.82, 2.24) is 10.3 Å². The van der Waals surface area contributed by atoms with Crippen LogP contribution in [0.15, 0.2) is 77.8 Å². The topological polar surface area (TPSA) is 65.8 Å². The van der Waals surface area contributed by atoms with E-state index in [1.165, 1.54) is 11.8 Å². The van der Waals surface area contributed by atoms with Gasteiger partial charge in [0, 0.05) is 5.56 Å². The lowest BCUT2D eigenvalue weighted by molar-refractivity contribution is -0.119. The molecule has 0 saturated carbocycles. The number of benzene rings is 2. The molecule has 1 N–H and O–H groups in total. The Morgan fingerprint density at radius 2 is 1.74 bits per heavy atom. The number of thioether (sulfide) groups is 1. The van der Waals surface area contributed by atoms with Gasteiger partial charge in [0.2, 0.25) is 5.91 Å². The van der Waals surface area contributed by atoms with Crippen LogP contribution in [0.2, 0.25) is 0 Å². The third kappa shape index (κ3) is 4.96. The molecule has 1 atom stereocenters. The molecule has 3 aromatic rings. The largest absolute Gasteiger partial charge is 0.349 e. The lowest BCUT2D eigenvalue weighted by Crippen LogP contribution is -2.28. The van der Waals surface area contributed by atoms with Crippen LogP contribution in [0.25, 0.3) is 11.3 Å². The molecule has 2 aromatic carbocycles. The van der Waals surface area contributed by atoms with Gasteiger partial charge in [0.15, 0.2) is 0 Å². The summed E-state index contributed by atoms with van der Waals surface area (Å²) in [6, 6.07) is 25.2. The third-order valence-electron chi connectivity index (χ3n) is 4.07. The van der Waals surface area contributed by atoms with Gasteiger partial charge in [-0.05, 0) is 24.6 Å². The van der Waals surface area contributed by atoms with Gasteiger partial charge >= 0.3 is 0 Å². The quantitative estimate of drug-likeness (QED) is 0.642. The van der Waals surface area contributed by atoms with Crippen LogP contribution < -0.4 is 5.32 Å². The van der Waals surface area contributed by atoms with Crippen LogP contribution >= 0.6 is 11.8 Å². The van der Waals surface area contributed by atoms with E-state index in [0.29, 0.717) is 10.6 Å². The molecule has 1 aromatic heterocycles. The van der Waals surface area contributed by atoms with E-state index in [2.05, 4.69) is 16.4 Å². The van der Waals surface area contributed by atoms with Gasteiger partial charge in [0.25, 0.3) is 0 Å². The second-order valence-electron chi connectivity index (χ2n) is 6.02. The monoisotopic (exact) mass is 373 g/mol. The van der Waals surface area contributed by atoms with E-state index < -0.39 is 0 Å². The maximum atomic E-state index is 12.3. The average molecular weight is 373 g/mol. The first-order valence-electron chi connectivity index (χ1n) is 8.61. The number of aromatic nitrogens is 1. The van der Waals surface area contributed by atoms with Crippen LogP contribution in [-0.4, -0.2) is 16.6 Å². The van der Waals surface area contributed by atoms with Crippen molar-refractivity contribution in [3.63, 3.8) is 0 Å². The molecule has 1 heterocycles. The van der Waals surface area contributed by atoms with Crippen LogP contribution in [0, 0.1) is 11.3 Å². The highest BCUT2D eigenvalue weighted by Gasteiger charge is 2.13. The van der Waals surface area contributed by atoms with Gasteiger partial charge in [0.1, 0.15) is 11.1 Å². The van der Waals surface area contributed by atoms with Gasteiger partial charge < -0.3 is 5.32 Å². The highest BCUT2D eigenvalue weighted by atomic mass is 32.2. The third-order valence-corrected chi connectivity index (χ3v) is 5.06. The Kier molecular flexibility index (Phi) is 6.24. The van der Waals surface area contributed by atoms with E-state index in [1.807, 2.05) is 73.7 Å². The molecule has 0 spiro atoms. The number of amides is 1. The maximum absolute atomic E-state index is 12.3. The molecule has 0 radical (unpaired) electrons. The number of rotatable bonds is 6. The smallest absolute Gasteiger partial charge is 0.230 e. The van der Waals surface area contributed by atoms with Gasteiger partial charge in [-0.15, -0.1) is 0 Å². The van der Waals surface area contributed by atoms with E-state index in [4.69, 9.17) is 0 Å². The number of nitrogens with one attached hydrogen (secondary N) is 1. The van der Waals surface area contributed by atoms with Crippen LogP contribution in [0.5, 0.6) is 0 Å². The fourth-order valence-corrected chi connectivity index (χ4v) is 3.43. The predicted molar refractivity (Wildman–Crippen MR) is 108 cm³/mol. The van der Waals surface area contributed by atoms with Crippen LogP contribution in [0.3, 0.4) is 0 Å². The van der Waals surface area contributed by atoms with E-state index in [-0.39, 0.29) is 17.7 Å². The highest BCUT2D eigenvalue weighted by Crippen LogP contribution is 2.25. The van der Waals surface area contributed by atoms with Crippen molar-refractivity contribution in [1.29, 1.82) is 5.26 Å². The van der Waals surface area contributed by atoms with Gasteiger partial charge in [-0.25, -0.2) is 4.98 Å². The SMILES string of the molecule is CC(NC(=O)CSc1nc(-c2ccccc2)ccc1C#N)c1ccccc1. The van der Waals surface area contributed by atoms with E-state index in [1.54, 1.807) is 6.07 Å². The van der Waals surface area contributed by atoms with Crippen molar-refractivity contribution in [3.05, 3.63) is 83.9 Å². The number of nitriles is 1. The van der Waals surface area contributed by atoms with Crippen molar-refractivity contribution < 1.29 is 4.79 Å². The van der Waals surface area contributed by atoms with Crippen LogP contribution in [0.4, 0.5) is 0 Å². The van der Waals surface area contributed by atoms with Gasteiger partial charge in [0.05, 0.1) is 23.1 Å². The van der Waals surface area contributed by atoms with Crippen molar-refractivity contribution in [3.8, 4) is 17.3 Å². The molecule has 27 heavy (non-hydrogen) atoms. The number of carbonyl (C=O) groups is 1. The molecule has 4 nitrogen and oxygen atoms in total. The lowest BCUT2D eigenvalue weighted by atomic mass is 10.1. The number of pyridine rings is 1. The average Bonchev–Trinajstić information content (AvgIpc) is 2.73. The summed E-state index contributed by atoms with van der Waals surface area (Å²) in [7, 11) is 0. The molecule has 134 valence electrons. The standard InChI is InChI=1S/C22H19N3OS/c1-16(17-8-4-2-5-9-17)24-21(26)15-27-22-19(14-23)12-13-20(25-22)18-10-6-3-7-11-18/h2-13,16H,15H2,1H3,(H,24,26). The van der Waals surface area contributed by atoms with Gasteiger partial charge in [-0.1, -0.05) is 72.4 Å². The molecule has 1 amide bonds. The van der Waals surface area contributed by atoms with Crippen molar-refractivity contribution in [2.75, 3.05) is 5.75 Å². The fourth-order valence-electron chi connectivity index (χ4n) is 2.65. The van der Waals surface area contributed by atoms with Gasteiger partial charge in [-0.3, -0.25) is 4.79 Å². The Hall–Kier alpha value is -3.10. The summed E-state index contributed by atoms with van der Waals surface area (Å²) in [5.74, 6) is 0.115. The molecule has 5 heteroatoms. The molecule has 0 aliphatic heterocycles. The van der Waals surface area contributed by atoms with Gasteiger partial charge in [-0.2, -0.15) is 5.26 Å². The molecular formula is C22H19N3OS. The Balaban J connectivity index is 1.68. The molecule has 0 saturated heterocycles. The summed E-state index contributed by atoms with van der Waals surface area (Å²) in [5, 5.41) is 12.9. The predicted octanol–water partition coefficient (Wildman–Crippen LogP) is 4.59. The molecule has 0 aliphatic carbocycles. The zero-order chi connectivity index (χ0) is 19.1.